The number of hydroxylamine groups is 1. The SMILES string of the molecule is CC[C@H](NC(=O)CC1CCCC1)c1cc(C)c(C(=O)NO)s1. The second kappa shape index (κ2) is 7.74. The smallest absolute Gasteiger partial charge is 0.284 e. The fourth-order valence-corrected chi connectivity index (χ4v) is 4.26. The molecule has 6 heteroatoms. The summed E-state index contributed by atoms with van der Waals surface area (Å²) in [5.41, 5.74) is 2.48. The molecule has 0 bridgehead atoms. The molecule has 1 aliphatic rings. The average molecular weight is 324 g/mol. The molecular formula is C16H24N2O3S. The molecular weight excluding hydrogens is 300 g/mol. The van der Waals surface area contributed by atoms with Gasteiger partial charge in [0.2, 0.25) is 5.91 Å². The Hall–Kier alpha value is -1.40. The summed E-state index contributed by atoms with van der Waals surface area (Å²) in [5, 5.41) is 11.8. The van der Waals surface area contributed by atoms with Crippen molar-refractivity contribution in [3.63, 3.8) is 0 Å². The van der Waals surface area contributed by atoms with Gasteiger partial charge in [-0.05, 0) is 43.7 Å². The Morgan fingerprint density at radius 3 is 2.68 bits per heavy atom. The third-order valence-electron chi connectivity index (χ3n) is 4.28. The fourth-order valence-electron chi connectivity index (χ4n) is 3.06. The zero-order valence-corrected chi connectivity index (χ0v) is 14.0. The van der Waals surface area contributed by atoms with E-state index in [2.05, 4.69) is 5.32 Å². The van der Waals surface area contributed by atoms with Crippen molar-refractivity contribution in [2.45, 2.75) is 58.4 Å². The van der Waals surface area contributed by atoms with E-state index in [1.54, 1.807) is 5.48 Å². The topological polar surface area (TPSA) is 78.4 Å². The number of thiophene rings is 1. The van der Waals surface area contributed by atoms with Gasteiger partial charge in [-0.15, -0.1) is 11.3 Å². The summed E-state index contributed by atoms with van der Waals surface area (Å²) in [4.78, 5) is 25.2. The molecule has 122 valence electrons. The largest absolute Gasteiger partial charge is 0.348 e. The van der Waals surface area contributed by atoms with Crippen LogP contribution in [0.25, 0.3) is 0 Å². The molecule has 2 amide bonds. The maximum Gasteiger partial charge on any atom is 0.284 e. The van der Waals surface area contributed by atoms with E-state index in [1.165, 1.54) is 24.2 Å². The lowest BCUT2D eigenvalue weighted by molar-refractivity contribution is -0.122. The van der Waals surface area contributed by atoms with Crippen LogP contribution < -0.4 is 10.8 Å². The summed E-state index contributed by atoms with van der Waals surface area (Å²) in [6.45, 7) is 3.85. The second-order valence-corrected chi connectivity index (χ2v) is 7.07. The molecule has 1 aromatic heterocycles. The van der Waals surface area contributed by atoms with E-state index in [1.807, 2.05) is 19.9 Å². The molecule has 0 spiro atoms. The van der Waals surface area contributed by atoms with Crippen molar-refractivity contribution < 1.29 is 14.8 Å². The maximum atomic E-state index is 12.2. The zero-order chi connectivity index (χ0) is 16.1. The van der Waals surface area contributed by atoms with Gasteiger partial charge >= 0.3 is 0 Å². The van der Waals surface area contributed by atoms with Gasteiger partial charge in [0.1, 0.15) is 0 Å². The lowest BCUT2D eigenvalue weighted by Gasteiger charge is -2.17. The van der Waals surface area contributed by atoms with Gasteiger partial charge < -0.3 is 5.32 Å². The van der Waals surface area contributed by atoms with E-state index in [4.69, 9.17) is 5.21 Å². The van der Waals surface area contributed by atoms with Crippen LogP contribution in [0.2, 0.25) is 0 Å². The van der Waals surface area contributed by atoms with Crippen molar-refractivity contribution in [2.75, 3.05) is 0 Å². The third kappa shape index (κ3) is 4.08. The molecule has 0 radical (unpaired) electrons. The van der Waals surface area contributed by atoms with Crippen molar-refractivity contribution in [2.24, 2.45) is 5.92 Å². The van der Waals surface area contributed by atoms with E-state index >= 15 is 0 Å². The first-order valence-electron chi connectivity index (χ1n) is 7.89. The average Bonchev–Trinajstić information content (AvgIpc) is 3.13. The van der Waals surface area contributed by atoms with Crippen LogP contribution in [0.15, 0.2) is 6.07 Å². The minimum absolute atomic E-state index is 0.0714. The van der Waals surface area contributed by atoms with Crippen LogP contribution in [0, 0.1) is 12.8 Å². The molecule has 0 aliphatic heterocycles. The number of carbonyl (C=O) groups is 2. The Morgan fingerprint density at radius 2 is 2.09 bits per heavy atom. The number of rotatable bonds is 6. The number of hydrogen-bond donors (Lipinski definition) is 3. The van der Waals surface area contributed by atoms with Crippen LogP contribution in [0.4, 0.5) is 0 Å². The van der Waals surface area contributed by atoms with Crippen molar-refractivity contribution in [3.8, 4) is 0 Å². The quantitative estimate of drug-likeness (QED) is 0.555. The number of hydrogen-bond acceptors (Lipinski definition) is 4. The maximum absolute atomic E-state index is 12.2. The first kappa shape index (κ1) is 17.0. The standard InChI is InChI=1S/C16H24N2O3S/c1-3-12(17-14(19)9-11-6-4-5-7-11)13-8-10(2)15(22-13)16(20)18-21/h8,11-12,21H,3-7,9H2,1-2H3,(H,17,19)(H,18,20)/t12-/m0/s1. The van der Waals surface area contributed by atoms with Gasteiger partial charge in [-0.25, -0.2) is 5.48 Å². The molecule has 0 saturated heterocycles. The van der Waals surface area contributed by atoms with Crippen LogP contribution in [0.3, 0.4) is 0 Å². The van der Waals surface area contributed by atoms with Crippen molar-refractivity contribution >= 4 is 23.2 Å². The normalized spacial score (nSPS) is 16.5. The Morgan fingerprint density at radius 1 is 1.41 bits per heavy atom. The van der Waals surface area contributed by atoms with Gasteiger partial charge in [-0.2, -0.15) is 0 Å². The molecule has 1 atom stereocenters. The summed E-state index contributed by atoms with van der Waals surface area (Å²) < 4.78 is 0. The summed E-state index contributed by atoms with van der Waals surface area (Å²) in [7, 11) is 0. The highest BCUT2D eigenvalue weighted by Gasteiger charge is 2.22. The van der Waals surface area contributed by atoms with Gasteiger partial charge in [-0.3, -0.25) is 14.8 Å². The summed E-state index contributed by atoms with van der Waals surface area (Å²) in [6, 6.07) is 1.84. The highest BCUT2D eigenvalue weighted by Crippen LogP contribution is 2.30. The molecule has 1 aliphatic carbocycles. The highest BCUT2D eigenvalue weighted by molar-refractivity contribution is 7.14. The number of amides is 2. The van der Waals surface area contributed by atoms with E-state index in [0.29, 0.717) is 17.2 Å². The third-order valence-corrected chi connectivity index (χ3v) is 5.63. The molecule has 1 fully saturated rings. The number of carbonyl (C=O) groups excluding carboxylic acids is 2. The molecule has 3 N–H and O–H groups in total. The fraction of sp³-hybridized carbons (Fsp3) is 0.625. The number of aryl methyl sites for hydroxylation is 1. The predicted molar refractivity (Wildman–Crippen MR) is 86.1 cm³/mol. The molecule has 0 unspecified atom stereocenters. The second-order valence-electron chi connectivity index (χ2n) is 5.98. The van der Waals surface area contributed by atoms with E-state index < -0.39 is 5.91 Å². The van der Waals surface area contributed by atoms with Crippen LogP contribution in [0.1, 0.15) is 71.6 Å². The monoisotopic (exact) mass is 324 g/mol. The first-order valence-corrected chi connectivity index (χ1v) is 8.70. The van der Waals surface area contributed by atoms with Crippen molar-refractivity contribution in [1.29, 1.82) is 0 Å². The first-order chi connectivity index (χ1) is 10.5. The van der Waals surface area contributed by atoms with Gasteiger partial charge in [0.05, 0.1) is 10.9 Å². The Kier molecular flexibility index (Phi) is 5.97. The van der Waals surface area contributed by atoms with Crippen molar-refractivity contribution in [3.05, 3.63) is 21.4 Å². The molecule has 22 heavy (non-hydrogen) atoms. The van der Waals surface area contributed by atoms with Crippen LogP contribution in [-0.4, -0.2) is 17.0 Å². The van der Waals surface area contributed by atoms with E-state index in [-0.39, 0.29) is 11.9 Å². The molecule has 5 nitrogen and oxygen atoms in total. The lowest BCUT2D eigenvalue weighted by atomic mass is 10.0. The molecule has 1 aromatic rings. The summed E-state index contributed by atoms with van der Waals surface area (Å²) in [6.07, 6.45) is 6.16. The number of nitrogens with one attached hydrogen (secondary N) is 2. The molecule has 0 aromatic carbocycles. The van der Waals surface area contributed by atoms with E-state index in [9.17, 15) is 9.59 Å². The van der Waals surface area contributed by atoms with Gasteiger partial charge in [0.25, 0.3) is 5.91 Å². The summed E-state index contributed by atoms with van der Waals surface area (Å²) >= 11 is 1.32. The zero-order valence-electron chi connectivity index (χ0n) is 13.1. The minimum atomic E-state index is -0.499. The molecule has 1 saturated carbocycles. The molecule has 1 heterocycles. The summed E-state index contributed by atoms with van der Waals surface area (Å²) in [5.74, 6) is 0.122. The van der Waals surface area contributed by atoms with E-state index in [0.717, 1.165) is 29.7 Å². The minimum Gasteiger partial charge on any atom is -0.348 e. The van der Waals surface area contributed by atoms with Crippen LogP contribution in [0.5, 0.6) is 0 Å². The van der Waals surface area contributed by atoms with Gasteiger partial charge in [0.15, 0.2) is 0 Å². The Bertz CT molecular complexity index is 535. The highest BCUT2D eigenvalue weighted by atomic mass is 32.1. The van der Waals surface area contributed by atoms with Crippen LogP contribution in [-0.2, 0) is 4.79 Å². The lowest BCUT2D eigenvalue weighted by Crippen LogP contribution is -2.28. The van der Waals surface area contributed by atoms with Gasteiger partial charge in [0, 0.05) is 11.3 Å². The van der Waals surface area contributed by atoms with Crippen LogP contribution >= 0.6 is 11.3 Å². The van der Waals surface area contributed by atoms with Crippen molar-refractivity contribution in [1.82, 2.24) is 10.8 Å². The Balaban J connectivity index is 2.01. The Labute approximate surface area is 135 Å². The van der Waals surface area contributed by atoms with Gasteiger partial charge in [-0.1, -0.05) is 19.8 Å². The predicted octanol–water partition coefficient (Wildman–Crippen LogP) is 3.32. The molecule has 2 rings (SSSR count).